The predicted octanol–water partition coefficient (Wildman–Crippen LogP) is 10.8. The van der Waals surface area contributed by atoms with Crippen molar-refractivity contribution in [2.75, 3.05) is 0 Å². The smallest absolute Gasteiger partial charge is 0.332 e. The van der Waals surface area contributed by atoms with Gasteiger partial charge in [0.05, 0.1) is 0 Å². The minimum absolute atomic E-state index is 0.332. The average molecular weight is 675 g/mol. The lowest BCUT2D eigenvalue weighted by molar-refractivity contribution is -0.145. The number of carboxylic acids is 4. The molecule has 0 aromatic carbocycles. The molecule has 0 aliphatic rings. The summed E-state index contributed by atoms with van der Waals surface area (Å²) in [5.41, 5.74) is 0. The fourth-order valence-electron chi connectivity index (χ4n) is 4.28. The van der Waals surface area contributed by atoms with Crippen molar-refractivity contribution < 1.29 is 44.7 Å². The molecule has 0 rings (SSSR count). The van der Waals surface area contributed by atoms with Crippen LogP contribution < -0.4 is 0 Å². The molecule has 47 heavy (non-hydrogen) atoms. The second-order valence-electron chi connectivity index (χ2n) is 12.2. The molecule has 0 amide bonds. The van der Waals surface area contributed by atoms with Gasteiger partial charge >= 0.3 is 23.9 Å². The van der Waals surface area contributed by atoms with Crippen LogP contribution in [-0.4, -0.2) is 55.5 Å². The summed E-state index contributed by atoms with van der Waals surface area (Å²) < 4.78 is 0. The van der Waals surface area contributed by atoms with Crippen molar-refractivity contribution in [1.82, 2.24) is 0 Å². The number of allylic oxidation sites excluding steroid dienone is 2. The van der Waals surface area contributed by atoms with E-state index < -0.39 is 30.0 Å². The van der Waals surface area contributed by atoms with Crippen molar-refractivity contribution in [3.63, 3.8) is 0 Å². The SMILES string of the molecule is CC(O)C(=O)O.CCCCCCCC(=O)O.CCCCCCCCC(=O)O.CCCCCCCCC=CCCCCCCCC(=O)O. The maximum atomic E-state index is 10.3. The van der Waals surface area contributed by atoms with Crippen LogP contribution in [0.5, 0.6) is 0 Å². The standard InChI is InChI=1S/C18H34O2.C9H18O2.C8H16O2.C3H6O3/c1-2-3-4-5-6-7-8-9-10-11-12-13-14-15-16-17-18(19)20;1-2-3-4-5-6-7-8-9(10)11;1-2-3-4-5-6-7-8(9)10;1-2(4)3(5)6/h9-10H,2-8,11-17H2,1H3,(H,19,20);2-8H2,1H3,(H,10,11);2-7H2,1H3,(H,9,10);2,4H,1H3,(H,5,6). The van der Waals surface area contributed by atoms with Crippen molar-refractivity contribution in [3.05, 3.63) is 12.2 Å². The lowest BCUT2D eigenvalue weighted by Gasteiger charge is -1.99. The zero-order valence-electron chi connectivity index (χ0n) is 30.7. The van der Waals surface area contributed by atoms with Gasteiger partial charge in [0, 0.05) is 19.3 Å². The molecule has 9 heteroatoms. The number of carboxylic acid groups (broad SMARTS) is 4. The summed E-state index contributed by atoms with van der Waals surface area (Å²) >= 11 is 0. The highest BCUT2D eigenvalue weighted by molar-refractivity contribution is 5.71. The van der Waals surface area contributed by atoms with E-state index in [1.54, 1.807) is 0 Å². The van der Waals surface area contributed by atoms with Gasteiger partial charge in [0.15, 0.2) is 0 Å². The van der Waals surface area contributed by atoms with E-state index >= 15 is 0 Å². The zero-order valence-corrected chi connectivity index (χ0v) is 30.7. The second kappa shape index (κ2) is 45.7. The van der Waals surface area contributed by atoms with Crippen LogP contribution in [-0.2, 0) is 19.2 Å². The van der Waals surface area contributed by atoms with Crippen molar-refractivity contribution in [2.45, 2.75) is 207 Å². The van der Waals surface area contributed by atoms with Crippen molar-refractivity contribution in [2.24, 2.45) is 0 Å². The molecule has 0 aromatic heterocycles. The van der Waals surface area contributed by atoms with Gasteiger partial charge in [-0.3, -0.25) is 14.4 Å². The van der Waals surface area contributed by atoms with E-state index in [1.807, 2.05) is 0 Å². The largest absolute Gasteiger partial charge is 0.481 e. The molecule has 1 atom stereocenters. The highest BCUT2D eigenvalue weighted by atomic mass is 16.4. The molecule has 280 valence electrons. The van der Waals surface area contributed by atoms with Crippen LogP contribution in [0.4, 0.5) is 0 Å². The summed E-state index contributed by atoms with van der Waals surface area (Å²) in [4.78, 5) is 39.9. The van der Waals surface area contributed by atoms with Crippen molar-refractivity contribution in [1.29, 1.82) is 0 Å². The Balaban J connectivity index is -0.000000290. The molecule has 0 heterocycles. The number of hydrogen-bond acceptors (Lipinski definition) is 5. The normalized spacial score (nSPS) is 10.9. The maximum absolute atomic E-state index is 10.3. The third-order valence-electron chi connectivity index (χ3n) is 7.25. The van der Waals surface area contributed by atoms with Crippen LogP contribution in [0, 0.1) is 0 Å². The molecule has 0 spiro atoms. The number of aliphatic hydroxyl groups excluding tert-OH is 1. The predicted molar refractivity (Wildman–Crippen MR) is 193 cm³/mol. The first-order valence-corrected chi connectivity index (χ1v) is 18.7. The fraction of sp³-hybridized carbons (Fsp3) is 0.842. The zero-order chi connectivity index (χ0) is 36.4. The van der Waals surface area contributed by atoms with Gasteiger partial charge in [0.25, 0.3) is 0 Å². The molecular formula is C38H74O9. The van der Waals surface area contributed by atoms with E-state index in [9.17, 15) is 19.2 Å². The Morgan fingerprint density at radius 1 is 0.426 bits per heavy atom. The number of hydrogen-bond donors (Lipinski definition) is 5. The van der Waals surface area contributed by atoms with Gasteiger partial charge in [-0.1, -0.05) is 142 Å². The van der Waals surface area contributed by atoms with Crippen LogP contribution in [0.2, 0.25) is 0 Å². The van der Waals surface area contributed by atoms with Crippen molar-refractivity contribution in [3.8, 4) is 0 Å². The Hall–Kier alpha value is -2.42. The van der Waals surface area contributed by atoms with Crippen LogP contribution in [0.15, 0.2) is 12.2 Å². The second-order valence-corrected chi connectivity index (χ2v) is 12.2. The Labute approximate surface area is 287 Å². The summed E-state index contributed by atoms with van der Waals surface area (Å²) in [6, 6.07) is 0. The monoisotopic (exact) mass is 675 g/mol. The lowest BCUT2D eigenvalue weighted by Crippen LogP contribution is -2.13. The first kappa shape index (κ1) is 51.4. The number of unbranched alkanes of at least 4 members (excludes halogenated alkanes) is 20. The molecule has 5 N–H and O–H groups in total. The molecule has 0 fully saturated rings. The van der Waals surface area contributed by atoms with Crippen LogP contribution in [0.1, 0.15) is 201 Å². The number of carbonyl (C=O) groups is 4. The van der Waals surface area contributed by atoms with Gasteiger partial charge in [-0.25, -0.2) is 4.79 Å². The van der Waals surface area contributed by atoms with E-state index in [0.717, 1.165) is 38.5 Å². The number of rotatable bonds is 29. The fourth-order valence-corrected chi connectivity index (χ4v) is 4.28. The summed E-state index contributed by atoms with van der Waals surface area (Å²) in [7, 11) is 0. The van der Waals surface area contributed by atoms with Gasteiger partial charge in [0.1, 0.15) is 6.10 Å². The Kier molecular flexibility index (Phi) is 50.0. The Morgan fingerprint density at radius 3 is 0.851 bits per heavy atom. The highest BCUT2D eigenvalue weighted by Crippen LogP contribution is 2.10. The molecule has 0 saturated carbocycles. The van der Waals surface area contributed by atoms with Gasteiger partial charge in [-0.15, -0.1) is 0 Å². The van der Waals surface area contributed by atoms with E-state index in [-0.39, 0.29) is 0 Å². The average Bonchev–Trinajstić information content (AvgIpc) is 3.01. The van der Waals surface area contributed by atoms with Gasteiger partial charge in [-0.05, 0) is 51.9 Å². The number of aliphatic carboxylic acids is 4. The lowest BCUT2D eigenvalue weighted by atomic mass is 10.1. The molecule has 9 nitrogen and oxygen atoms in total. The third-order valence-corrected chi connectivity index (χ3v) is 7.25. The van der Waals surface area contributed by atoms with E-state index in [4.69, 9.17) is 25.5 Å². The van der Waals surface area contributed by atoms with Gasteiger partial charge < -0.3 is 25.5 Å². The molecule has 0 saturated heterocycles. The van der Waals surface area contributed by atoms with E-state index in [0.29, 0.717) is 19.3 Å². The quantitative estimate of drug-likeness (QED) is 0.0382. The Bertz CT molecular complexity index is 705. The molecule has 0 aromatic rings. The molecular weight excluding hydrogens is 600 g/mol. The summed E-state index contributed by atoms with van der Waals surface area (Å²) in [5, 5.41) is 40.9. The minimum Gasteiger partial charge on any atom is -0.481 e. The molecule has 0 radical (unpaired) electrons. The summed E-state index contributed by atoms with van der Waals surface area (Å²) in [6.45, 7) is 7.78. The third kappa shape index (κ3) is 66.8. The van der Waals surface area contributed by atoms with Crippen LogP contribution in [0.3, 0.4) is 0 Å². The van der Waals surface area contributed by atoms with Crippen LogP contribution >= 0.6 is 0 Å². The maximum Gasteiger partial charge on any atom is 0.332 e. The Morgan fingerprint density at radius 2 is 0.638 bits per heavy atom. The van der Waals surface area contributed by atoms with Gasteiger partial charge in [-0.2, -0.15) is 0 Å². The molecule has 0 aliphatic carbocycles. The minimum atomic E-state index is -1.23. The number of aliphatic hydroxyl groups is 1. The first-order valence-electron chi connectivity index (χ1n) is 18.7. The van der Waals surface area contributed by atoms with Crippen LogP contribution in [0.25, 0.3) is 0 Å². The first-order chi connectivity index (χ1) is 22.5. The van der Waals surface area contributed by atoms with E-state index in [1.165, 1.54) is 122 Å². The molecule has 0 bridgehead atoms. The topological polar surface area (TPSA) is 169 Å². The van der Waals surface area contributed by atoms with E-state index in [2.05, 4.69) is 32.9 Å². The molecule has 0 aliphatic heterocycles. The summed E-state index contributed by atoms with van der Waals surface area (Å²) in [5.74, 6) is -3.19. The highest BCUT2D eigenvalue weighted by Gasteiger charge is 2.01. The molecule has 1 unspecified atom stereocenters. The van der Waals surface area contributed by atoms with Gasteiger partial charge in [0.2, 0.25) is 0 Å². The van der Waals surface area contributed by atoms with Crippen molar-refractivity contribution >= 4 is 23.9 Å². The summed E-state index contributed by atoms with van der Waals surface area (Å²) in [6.07, 6.45) is 33.1.